The molecule has 8 nitrogen and oxygen atoms in total. The van der Waals surface area contributed by atoms with Gasteiger partial charge in [0.05, 0.1) is 28.7 Å². The number of esters is 1. The summed E-state index contributed by atoms with van der Waals surface area (Å²) in [6, 6.07) is 9.00. The average Bonchev–Trinajstić information content (AvgIpc) is 3.22. The van der Waals surface area contributed by atoms with Crippen molar-refractivity contribution in [2.75, 3.05) is 33.1 Å². The van der Waals surface area contributed by atoms with Crippen LogP contribution >= 0.6 is 11.6 Å². The van der Waals surface area contributed by atoms with Crippen LogP contribution in [0.5, 0.6) is 11.5 Å². The maximum atomic E-state index is 12.6. The van der Waals surface area contributed by atoms with E-state index in [9.17, 15) is 13.2 Å². The van der Waals surface area contributed by atoms with Gasteiger partial charge in [0.15, 0.2) is 11.5 Å². The Morgan fingerprint density at radius 2 is 1.83 bits per heavy atom. The van der Waals surface area contributed by atoms with E-state index in [0.29, 0.717) is 48.4 Å². The van der Waals surface area contributed by atoms with Gasteiger partial charge < -0.3 is 18.9 Å². The molecule has 0 N–H and O–H groups in total. The number of ether oxygens (including phenoxy) is 4. The van der Waals surface area contributed by atoms with Crippen molar-refractivity contribution in [2.45, 2.75) is 11.5 Å². The molecule has 0 radical (unpaired) electrons. The molecular weight excluding hydrogens is 422 g/mol. The molecule has 4 rings (SSSR count). The topological polar surface area (TPSA) is 91.4 Å². The standard InChI is InChI=1S/C19H18ClNO7S/c20-16-9-13(10-17-18(16)28-12-27-17)11-26-19(22)14-1-3-15(4-2-14)29(23,24)21-5-7-25-8-6-21/h1-4,9-10H,5-8,11-12H2. The van der Waals surface area contributed by atoms with Crippen LogP contribution in [0.25, 0.3) is 0 Å². The van der Waals surface area contributed by atoms with Crippen LogP contribution in [0.2, 0.25) is 5.02 Å². The summed E-state index contributed by atoms with van der Waals surface area (Å²) in [7, 11) is -3.61. The normalized spacial score (nSPS) is 16.6. The molecule has 1 fully saturated rings. The van der Waals surface area contributed by atoms with Crippen molar-refractivity contribution in [1.82, 2.24) is 4.31 Å². The molecule has 0 saturated carbocycles. The van der Waals surface area contributed by atoms with Crippen LogP contribution in [0.4, 0.5) is 0 Å². The lowest BCUT2D eigenvalue weighted by molar-refractivity contribution is 0.0472. The zero-order chi connectivity index (χ0) is 20.4. The summed E-state index contributed by atoms with van der Waals surface area (Å²) in [5.41, 5.74) is 0.900. The number of nitrogens with zero attached hydrogens (tertiary/aromatic N) is 1. The Labute approximate surface area is 172 Å². The SMILES string of the molecule is O=C(OCc1cc(Cl)c2c(c1)OCO2)c1ccc(S(=O)(=O)N2CCOCC2)cc1. The third-order valence-electron chi connectivity index (χ3n) is 4.55. The van der Waals surface area contributed by atoms with Gasteiger partial charge in [-0.2, -0.15) is 4.31 Å². The fourth-order valence-corrected chi connectivity index (χ4v) is 4.73. The summed E-state index contributed by atoms with van der Waals surface area (Å²) in [5.74, 6) is 0.397. The highest BCUT2D eigenvalue weighted by atomic mass is 35.5. The number of morpholine rings is 1. The smallest absolute Gasteiger partial charge is 0.338 e. The minimum atomic E-state index is -3.61. The van der Waals surface area contributed by atoms with E-state index < -0.39 is 16.0 Å². The predicted octanol–water partition coefficient (Wildman–Crippen LogP) is 2.45. The minimum absolute atomic E-state index is 0.0109. The van der Waals surface area contributed by atoms with Gasteiger partial charge in [-0.3, -0.25) is 0 Å². The highest BCUT2D eigenvalue weighted by Crippen LogP contribution is 2.39. The number of halogens is 1. The van der Waals surface area contributed by atoms with Crippen LogP contribution in [-0.4, -0.2) is 51.8 Å². The van der Waals surface area contributed by atoms with E-state index in [2.05, 4.69) is 0 Å². The molecular formula is C19H18ClNO7S. The van der Waals surface area contributed by atoms with Gasteiger partial charge in [-0.05, 0) is 42.0 Å². The Kier molecular flexibility index (Phi) is 5.64. The predicted molar refractivity (Wildman–Crippen MR) is 103 cm³/mol. The number of benzene rings is 2. The maximum absolute atomic E-state index is 12.6. The molecule has 1 saturated heterocycles. The summed E-state index contributed by atoms with van der Waals surface area (Å²) in [4.78, 5) is 12.4. The Balaban J connectivity index is 1.41. The first-order chi connectivity index (χ1) is 13.9. The third kappa shape index (κ3) is 4.18. The fourth-order valence-electron chi connectivity index (χ4n) is 3.04. The lowest BCUT2D eigenvalue weighted by atomic mass is 10.2. The second kappa shape index (κ2) is 8.19. The first-order valence-corrected chi connectivity index (χ1v) is 10.7. The van der Waals surface area contributed by atoms with Gasteiger partial charge >= 0.3 is 5.97 Å². The first kappa shape index (κ1) is 20.0. The van der Waals surface area contributed by atoms with Gasteiger partial charge in [0, 0.05) is 13.1 Å². The summed E-state index contributed by atoms with van der Waals surface area (Å²) >= 11 is 6.12. The number of hydrogen-bond acceptors (Lipinski definition) is 7. The summed E-state index contributed by atoms with van der Waals surface area (Å²) < 4.78 is 47.6. The van der Waals surface area contributed by atoms with E-state index in [4.69, 9.17) is 30.5 Å². The highest BCUT2D eigenvalue weighted by molar-refractivity contribution is 7.89. The summed E-state index contributed by atoms with van der Waals surface area (Å²) in [5, 5.41) is 0.378. The fraction of sp³-hybridized carbons (Fsp3) is 0.316. The van der Waals surface area contributed by atoms with Crippen LogP contribution in [0.1, 0.15) is 15.9 Å². The number of carbonyl (C=O) groups excluding carboxylic acids is 1. The Bertz CT molecular complexity index is 1020. The Morgan fingerprint density at radius 3 is 2.55 bits per heavy atom. The van der Waals surface area contributed by atoms with Gasteiger partial charge in [-0.15, -0.1) is 0 Å². The highest BCUT2D eigenvalue weighted by Gasteiger charge is 2.26. The van der Waals surface area contributed by atoms with Crippen molar-refractivity contribution in [3.8, 4) is 11.5 Å². The molecule has 154 valence electrons. The molecule has 29 heavy (non-hydrogen) atoms. The third-order valence-corrected chi connectivity index (χ3v) is 6.75. The zero-order valence-corrected chi connectivity index (χ0v) is 16.9. The molecule has 0 aromatic heterocycles. The number of rotatable bonds is 5. The molecule has 0 amide bonds. The Morgan fingerprint density at radius 1 is 1.10 bits per heavy atom. The molecule has 2 aromatic carbocycles. The molecule has 0 atom stereocenters. The Hall–Kier alpha value is -2.33. The van der Waals surface area contributed by atoms with Gasteiger partial charge in [-0.25, -0.2) is 13.2 Å². The number of carbonyl (C=O) groups is 1. The van der Waals surface area contributed by atoms with Crippen LogP contribution in [0.3, 0.4) is 0 Å². The number of fused-ring (bicyclic) bond motifs is 1. The molecule has 2 aliphatic rings. The second-order valence-corrected chi connectivity index (χ2v) is 8.77. The molecule has 0 bridgehead atoms. The lowest BCUT2D eigenvalue weighted by Crippen LogP contribution is -2.40. The first-order valence-electron chi connectivity index (χ1n) is 8.88. The summed E-state index contributed by atoms with van der Waals surface area (Å²) in [6.45, 7) is 1.44. The van der Waals surface area contributed by atoms with Crippen molar-refractivity contribution >= 4 is 27.6 Å². The molecule has 2 aromatic rings. The van der Waals surface area contributed by atoms with Gasteiger partial charge in [0.25, 0.3) is 0 Å². The van der Waals surface area contributed by atoms with E-state index in [1.807, 2.05) is 0 Å². The summed E-state index contributed by atoms with van der Waals surface area (Å²) in [6.07, 6.45) is 0. The molecule has 2 aliphatic heterocycles. The lowest BCUT2D eigenvalue weighted by Gasteiger charge is -2.26. The molecule has 0 unspecified atom stereocenters. The monoisotopic (exact) mass is 439 g/mol. The van der Waals surface area contributed by atoms with Gasteiger partial charge in [0.1, 0.15) is 6.61 Å². The molecule has 0 aliphatic carbocycles. The van der Waals surface area contributed by atoms with Crippen molar-refractivity contribution in [1.29, 1.82) is 0 Å². The number of hydrogen-bond donors (Lipinski definition) is 0. The quantitative estimate of drug-likeness (QED) is 0.661. The number of sulfonamides is 1. The van der Waals surface area contributed by atoms with Crippen molar-refractivity contribution in [3.63, 3.8) is 0 Å². The van der Waals surface area contributed by atoms with Gasteiger partial charge in [0.2, 0.25) is 16.8 Å². The van der Waals surface area contributed by atoms with E-state index in [-0.39, 0.29) is 23.9 Å². The van der Waals surface area contributed by atoms with Crippen molar-refractivity contribution in [3.05, 3.63) is 52.5 Å². The van der Waals surface area contributed by atoms with Crippen LogP contribution in [-0.2, 0) is 26.1 Å². The van der Waals surface area contributed by atoms with E-state index in [0.717, 1.165) is 0 Å². The largest absolute Gasteiger partial charge is 0.457 e. The van der Waals surface area contributed by atoms with Crippen molar-refractivity contribution in [2.24, 2.45) is 0 Å². The van der Waals surface area contributed by atoms with Crippen molar-refractivity contribution < 1.29 is 32.2 Å². The van der Waals surface area contributed by atoms with E-state index >= 15 is 0 Å². The van der Waals surface area contributed by atoms with E-state index in [1.54, 1.807) is 12.1 Å². The van der Waals surface area contributed by atoms with Crippen LogP contribution < -0.4 is 9.47 Å². The van der Waals surface area contributed by atoms with Crippen LogP contribution in [0.15, 0.2) is 41.3 Å². The van der Waals surface area contributed by atoms with Gasteiger partial charge in [-0.1, -0.05) is 11.6 Å². The molecule has 0 spiro atoms. The molecule has 10 heteroatoms. The van der Waals surface area contributed by atoms with E-state index in [1.165, 1.54) is 28.6 Å². The second-order valence-electron chi connectivity index (χ2n) is 6.43. The molecule has 2 heterocycles. The van der Waals surface area contributed by atoms with Crippen LogP contribution in [0, 0.1) is 0 Å². The average molecular weight is 440 g/mol. The zero-order valence-electron chi connectivity index (χ0n) is 15.3. The maximum Gasteiger partial charge on any atom is 0.338 e. The minimum Gasteiger partial charge on any atom is -0.457 e.